The van der Waals surface area contributed by atoms with Gasteiger partial charge >= 0.3 is 0 Å². The maximum absolute atomic E-state index is 12.7. The quantitative estimate of drug-likeness (QED) is 0.511. The molecule has 0 atom stereocenters. The van der Waals surface area contributed by atoms with Crippen molar-refractivity contribution in [3.63, 3.8) is 0 Å². The zero-order valence-corrected chi connectivity index (χ0v) is 18.0. The van der Waals surface area contributed by atoms with E-state index in [2.05, 4.69) is 5.32 Å². The number of halogens is 1. The highest BCUT2D eigenvalue weighted by atomic mass is 35.5. The number of benzene rings is 2. The molecule has 31 heavy (non-hydrogen) atoms. The number of hydrogen-bond acceptors (Lipinski definition) is 5. The molecule has 1 aliphatic rings. The van der Waals surface area contributed by atoms with Crippen molar-refractivity contribution in [2.75, 3.05) is 11.9 Å². The second-order valence-corrected chi connectivity index (χ2v) is 8.32. The average Bonchev–Trinajstić information content (AvgIpc) is 3.30. The third-order valence-electron chi connectivity index (χ3n) is 4.52. The fraction of sp³-hybridized carbons (Fsp3) is 0.0870. The number of nitrogens with one attached hydrogen (secondary N) is 1. The molecule has 4 rings (SSSR count). The maximum Gasteiger partial charge on any atom is 0.294 e. The maximum atomic E-state index is 12.7. The predicted octanol–water partition coefficient (Wildman–Crippen LogP) is 5.58. The Bertz CT molecular complexity index is 1200. The summed E-state index contributed by atoms with van der Waals surface area (Å²) in [5, 5.41) is 2.77. The molecule has 1 saturated heterocycles. The van der Waals surface area contributed by atoms with Gasteiger partial charge in [0.1, 0.15) is 18.1 Å². The van der Waals surface area contributed by atoms with Crippen LogP contribution in [0.4, 0.5) is 10.5 Å². The lowest BCUT2D eigenvalue weighted by atomic mass is 10.2. The number of aryl methyl sites for hydroxylation is 1. The lowest BCUT2D eigenvalue weighted by molar-refractivity contribution is -0.127. The summed E-state index contributed by atoms with van der Waals surface area (Å²) in [4.78, 5) is 38.3. The van der Waals surface area contributed by atoms with E-state index in [0.29, 0.717) is 22.2 Å². The summed E-state index contributed by atoms with van der Waals surface area (Å²) in [6, 6.07) is 17.9. The van der Waals surface area contributed by atoms with E-state index in [0.717, 1.165) is 27.8 Å². The van der Waals surface area contributed by atoms with Crippen molar-refractivity contribution >= 4 is 52.2 Å². The molecule has 1 aromatic heterocycles. The number of carbonyl (C=O) groups excluding carboxylic acids is 3. The van der Waals surface area contributed by atoms with Gasteiger partial charge in [0, 0.05) is 22.3 Å². The summed E-state index contributed by atoms with van der Waals surface area (Å²) >= 11 is 6.78. The van der Waals surface area contributed by atoms with Crippen LogP contribution in [0.3, 0.4) is 0 Å². The van der Waals surface area contributed by atoms with E-state index in [4.69, 9.17) is 16.0 Å². The number of anilines is 1. The van der Waals surface area contributed by atoms with Crippen LogP contribution in [0, 0.1) is 6.92 Å². The molecule has 0 aliphatic carbocycles. The number of thioether (sulfide) groups is 1. The van der Waals surface area contributed by atoms with Crippen molar-refractivity contribution in [2.45, 2.75) is 6.92 Å². The Labute approximate surface area is 187 Å². The van der Waals surface area contributed by atoms with Crippen LogP contribution in [0.5, 0.6) is 0 Å². The van der Waals surface area contributed by atoms with Crippen molar-refractivity contribution in [3.05, 3.63) is 81.9 Å². The van der Waals surface area contributed by atoms with E-state index < -0.39 is 17.1 Å². The van der Waals surface area contributed by atoms with E-state index in [-0.39, 0.29) is 11.4 Å². The summed E-state index contributed by atoms with van der Waals surface area (Å²) in [5.74, 6) is 0.0263. The minimum Gasteiger partial charge on any atom is -0.457 e. The second kappa shape index (κ2) is 8.83. The van der Waals surface area contributed by atoms with Crippen LogP contribution >= 0.6 is 23.4 Å². The Morgan fingerprint density at radius 1 is 1.13 bits per heavy atom. The smallest absolute Gasteiger partial charge is 0.294 e. The molecule has 0 bridgehead atoms. The molecular weight excluding hydrogens is 436 g/mol. The topological polar surface area (TPSA) is 79.6 Å². The Kier molecular flexibility index (Phi) is 5.97. The predicted molar refractivity (Wildman–Crippen MR) is 122 cm³/mol. The molecule has 1 N–H and O–H groups in total. The molecule has 1 aliphatic heterocycles. The van der Waals surface area contributed by atoms with Crippen LogP contribution < -0.4 is 5.32 Å². The normalized spacial score (nSPS) is 15.0. The number of amides is 3. The first-order valence-electron chi connectivity index (χ1n) is 9.37. The molecule has 0 unspecified atom stereocenters. The van der Waals surface area contributed by atoms with Gasteiger partial charge in [-0.05, 0) is 55.1 Å². The molecular formula is C23H17ClN2O4S. The molecule has 8 heteroatoms. The molecule has 156 valence electrons. The fourth-order valence-corrected chi connectivity index (χ4v) is 3.98. The summed E-state index contributed by atoms with van der Waals surface area (Å²) in [6.45, 7) is 1.58. The van der Waals surface area contributed by atoms with Crippen LogP contribution in [-0.2, 0) is 9.59 Å². The number of nitrogens with zero attached hydrogens (tertiary/aromatic N) is 1. The van der Waals surface area contributed by atoms with Gasteiger partial charge in [-0.1, -0.05) is 41.4 Å². The third kappa shape index (κ3) is 4.90. The molecule has 1 fully saturated rings. The fourth-order valence-electron chi connectivity index (χ4n) is 2.97. The minimum atomic E-state index is -0.533. The SMILES string of the molecule is Cc1ccc(NC(=O)CN2C(=O)S/C(=C\c3ccc(-c4cccc(Cl)c4)o3)C2=O)cc1. The average molecular weight is 453 g/mol. The highest BCUT2D eigenvalue weighted by molar-refractivity contribution is 8.18. The molecule has 3 amide bonds. The zero-order valence-electron chi connectivity index (χ0n) is 16.4. The summed E-state index contributed by atoms with van der Waals surface area (Å²) in [5.41, 5.74) is 2.46. The number of rotatable bonds is 5. The summed E-state index contributed by atoms with van der Waals surface area (Å²) in [6.07, 6.45) is 1.50. The first-order valence-corrected chi connectivity index (χ1v) is 10.6. The third-order valence-corrected chi connectivity index (χ3v) is 5.66. The van der Waals surface area contributed by atoms with Gasteiger partial charge in [0.15, 0.2) is 0 Å². The van der Waals surface area contributed by atoms with Gasteiger partial charge in [-0.25, -0.2) is 0 Å². The van der Waals surface area contributed by atoms with Crippen LogP contribution in [0.2, 0.25) is 5.02 Å². The molecule has 6 nitrogen and oxygen atoms in total. The van der Waals surface area contributed by atoms with Gasteiger partial charge in [-0.2, -0.15) is 0 Å². The lowest BCUT2D eigenvalue weighted by Crippen LogP contribution is -2.36. The number of hydrogen-bond donors (Lipinski definition) is 1. The van der Waals surface area contributed by atoms with Crippen molar-refractivity contribution in [2.24, 2.45) is 0 Å². The summed E-state index contributed by atoms with van der Waals surface area (Å²) in [7, 11) is 0. The van der Waals surface area contributed by atoms with Gasteiger partial charge in [0.25, 0.3) is 11.1 Å². The van der Waals surface area contributed by atoms with E-state index in [1.807, 2.05) is 31.2 Å². The van der Waals surface area contributed by atoms with Gasteiger partial charge < -0.3 is 9.73 Å². The lowest BCUT2D eigenvalue weighted by Gasteiger charge is -2.12. The van der Waals surface area contributed by atoms with Crippen molar-refractivity contribution in [3.8, 4) is 11.3 Å². The number of furan rings is 1. The first kappa shape index (κ1) is 21.0. The van der Waals surface area contributed by atoms with Crippen LogP contribution in [-0.4, -0.2) is 28.5 Å². The molecule has 0 saturated carbocycles. The number of carbonyl (C=O) groups is 3. The highest BCUT2D eigenvalue weighted by Crippen LogP contribution is 2.33. The molecule has 3 aromatic rings. The standard InChI is InChI=1S/C23H17ClN2O4S/c1-14-5-7-17(8-6-14)25-21(27)13-26-22(28)20(31-23(26)29)12-18-9-10-19(30-18)15-3-2-4-16(24)11-15/h2-12H,13H2,1H3,(H,25,27)/b20-12-. The van der Waals surface area contributed by atoms with Crippen LogP contribution in [0.25, 0.3) is 17.4 Å². The van der Waals surface area contributed by atoms with Crippen LogP contribution in [0.1, 0.15) is 11.3 Å². The van der Waals surface area contributed by atoms with Gasteiger partial charge in [-0.3, -0.25) is 19.3 Å². The van der Waals surface area contributed by atoms with E-state index in [1.54, 1.807) is 36.4 Å². The van der Waals surface area contributed by atoms with Crippen molar-refractivity contribution < 1.29 is 18.8 Å². The second-order valence-electron chi connectivity index (χ2n) is 6.89. The largest absolute Gasteiger partial charge is 0.457 e. The monoisotopic (exact) mass is 452 g/mol. The van der Waals surface area contributed by atoms with E-state index >= 15 is 0 Å². The molecule has 2 aromatic carbocycles. The highest BCUT2D eigenvalue weighted by Gasteiger charge is 2.36. The Morgan fingerprint density at radius 3 is 2.65 bits per heavy atom. The van der Waals surface area contributed by atoms with Crippen LogP contribution in [0.15, 0.2) is 70.0 Å². The number of imide groups is 1. The summed E-state index contributed by atoms with van der Waals surface area (Å²) < 4.78 is 5.77. The molecule has 0 radical (unpaired) electrons. The Hall–Kier alpha value is -3.29. The molecule has 0 spiro atoms. The van der Waals surface area contributed by atoms with Gasteiger partial charge in [-0.15, -0.1) is 0 Å². The zero-order chi connectivity index (χ0) is 22.0. The van der Waals surface area contributed by atoms with Gasteiger partial charge in [0.2, 0.25) is 5.91 Å². The van der Waals surface area contributed by atoms with Crippen molar-refractivity contribution in [1.29, 1.82) is 0 Å². The van der Waals surface area contributed by atoms with Crippen molar-refractivity contribution in [1.82, 2.24) is 4.90 Å². The first-order chi connectivity index (χ1) is 14.9. The molecule has 2 heterocycles. The van der Waals surface area contributed by atoms with E-state index in [9.17, 15) is 14.4 Å². The Morgan fingerprint density at radius 2 is 1.90 bits per heavy atom. The minimum absolute atomic E-state index is 0.195. The Balaban J connectivity index is 1.45. The van der Waals surface area contributed by atoms with Gasteiger partial charge in [0.05, 0.1) is 4.91 Å². The van der Waals surface area contributed by atoms with E-state index in [1.165, 1.54) is 6.08 Å².